The highest BCUT2D eigenvalue weighted by molar-refractivity contribution is 7.08. The van der Waals surface area contributed by atoms with E-state index >= 15 is 0 Å². The van der Waals surface area contributed by atoms with Crippen LogP contribution in [-0.2, 0) is 0 Å². The van der Waals surface area contributed by atoms with Crippen LogP contribution in [0.25, 0.3) is 39.3 Å². The van der Waals surface area contributed by atoms with Gasteiger partial charge in [-0.1, -0.05) is 0 Å². The number of imidazole rings is 1. The van der Waals surface area contributed by atoms with Crippen molar-refractivity contribution in [3.63, 3.8) is 0 Å². The minimum atomic E-state index is 0.795. The number of fused-ring (bicyclic) bond motifs is 1. The molecule has 0 aliphatic heterocycles. The van der Waals surface area contributed by atoms with Crippen molar-refractivity contribution >= 4 is 22.8 Å². The van der Waals surface area contributed by atoms with Crippen molar-refractivity contribution in [1.82, 2.24) is 24.6 Å². The minimum absolute atomic E-state index is 0.795. The van der Waals surface area contributed by atoms with Crippen LogP contribution < -0.4 is 4.90 Å². The van der Waals surface area contributed by atoms with Gasteiger partial charge in [0, 0.05) is 54.1 Å². The largest absolute Gasteiger partial charge is 0.363 e. The Bertz CT molecular complexity index is 1270. The number of pyridine rings is 2. The van der Waals surface area contributed by atoms with Crippen molar-refractivity contribution in [3.8, 4) is 33.6 Å². The van der Waals surface area contributed by atoms with Crippen LogP contribution >= 0.6 is 11.3 Å². The molecule has 0 amide bonds. The zero-order chi connectivity index (χ0) is 19.8. The summed E-state index contributed by atoms with van der Waals surface area (Å²) < 4.78 is 1.86. The second kappa shape index (κ2) is 7.10. The Balaban J connectivity index is 1.52. The molecule has 5 rings (SSSR count). The average Bonchev–Trinajstić information content (AvgIpc) is 3.43. The lowest BCUT2D eigenvalue weighted by atomic mass is 10.1. The third-order valence-corrected chi connectivity index (χ3v) is 5.46. The molecule has 0 atom stereocenters. The smallest absolute Gasteiger partial charge is 0.154 e. The van der Waals surface area contributed by atoms with Gasteiger partial charge in [-0.05, 0) is 41.8 Å². The zero-order valence-electron chi connectivity index (χ0n) is 16.0. The summed E-state index contributed by atoms with van der Waals surface area (Å²) in [6, 6.07) is 12.2. The van der Waals surface area contributed by atoms with Gasteiger partial charge in [-0.2, -0.15) is 16.4 Å². The van der Waals surface area contributed by atoms with Gasteiger partial charge in [-0.15, -0.1) is 0 Å². The molecule has 0 radical (unpaired) electrons. The highest BCUT2D eigenvalue weighted by Gasteiger charge is 2.11. The number of hydrogen-bond donors (Lipinski definition) is 0. The molecule has 142 valence electrons. The van der Waals surface area contributed by atoms with Crippen LogP contribution in [0.4, 0.5) is 5.82 Å². The van der Waals surface area contributed by atoms with E-state index in [0.717, 1.165) is 45.1 Å². The number of aromatic nitrogens is 5. The van der Waals surface area contributed by atoms with E-state index in [4.69, 9.17) is 0 Å². The van der Waals surface area contributed by atoms with E-state index in [9.17, 15) is 0 Å². The Morgan fingerprint density at radius 2 is 1.76 bits per heavy atom. The van der Waals surface area contributed by atoms with Crippen molar-refractivity contribution in [1.29, 1.82) is 0 Å². The summed E-state index contributed by atoms with van der Waals surface area (Å²) in [7, 11) is 3.95. The predicted octanol–water partition coefficient (Wildman–Crippen LogP) is 4.65. The van der Waals surface area contributed by atoms with E-state index in [0.29, 0.717) is 0 Å². The zero-order valence-corrected chi connectivity index (χ0v) is 16.8. The summed E-state index contributed by atoms with van der Waals surface area (Å²) >= 11 is 1.66. The summed E-state index contributed by atoms with van der Waals surface area (Å²) in [6.45, 7) is 0. The minimum Gasteiger partial charge on any atom is -0.363 e. The van der Waals surface area contributed by atoms with Crippen molar-refractivity contribution in [2.45, 2.75) is 0 Å². The molecule has 0 saturated carbocycles. The molecule has 5 aromatic rings. The van der Waals surface area contributed by atoms with E-state index in [1.807, 2.05) is 66.5 Å². The Labute approximate surface area is 172 Å². The Morgan fingerprint density at radius 3 is 2.52 bits per heavy atom. The fourth-order valence-electron chi connectivity index (χ4n) is 3.21. The fraction of sp³-hybridized carbons (Fsp3) is 0.0909. The van der Waals surface area contributed by atoms with Gasteiger partial charge in [-0.25, -0.2) is 14.5 Å². The van der Waals surface area contributed by atoms with Gasteiger partial charge in [0.15, 0.2) is 5.65 Å². The normalized spacial score (nSPS) is 11.1. The standard InChI is InChI=1S/C22H18N6S/c1-27(2)21-4-3-16(11-24-21)18-10-22-25-13-20(28(22)26-12-18)15-5-7-23-19(9-15)17-6-8-29-14-17/h3-14H,1-2H3. The molecule has 0 aliphatic carbocycles. The number of hydrogen-bond acceptors (Lipinski definition) is 6. The average molecular weight is 398 g/mol. The van der Waals surface area contributed by atoms with E-state index in [-0.39, 0.29) is 0 Å². The van der Waals surface area contributed by atoms with Gasteiger partial charge in [0.1, 0.15) is 5.82 Å². The first kappa shape index (κ1) is 17.5. The van der Waals surface area contributed by atoms with Gasteiger partial charge in [0.2, 0.25) is 0 Å². The topological polar surface area (TPSA) is 59.2 Å². The molecule has 5 heterocycles. The Hall–Kier alpha value is -3.58. The van der Waals surface area contributed by atoms with Gasteiger partial charge < -0.3 is 4.90 Å². The van der Waals surface area contributed by atoms with Gasteiger partial charge in [-0.3, -0.25) is 4.98 Å². The predicted molar refractivity (Wildman–Crippen MR) is 117 cm³/mol. The molecular formula is C22H18N6S. The van der Waals surface area contributed by atoms with E-state index in [1.54, 1.807) is 11.3 Å². The first-order valence-corrected chi connectivity index (χ1v) is 10.1. The van der Waals surface area contributed by atoms with Crippen LogP contribution in [-0.4, -0.2) is 38.7 Å². The first-order chi connectivity index (χ1) is 14.2. The number of thiophene rings is 1. The fourth-order valence-corrected chi connectivity index (χ4v) is 3.86. The first-order valence-electron chi connectivity index (χ1n) is 9.15. The molecule has 0 aliphatic rings. The molecular weight excluding hydrogens is 380 g/mol. The monoisotopic (exact) mass is 398 g/mol. The summed E-state index contributed by atoms with van der Waals surface area (Å²) in [5.41, 5.74) is 6.83. The van der Waals surface area contributed by atoms with Crippen LogP contribution in [0.1, 0.15) is 0 Å². The van der Waals surface area contributed by atoms with Crippen LogP contribution in [0.3, 0.4) is 0 Å². The number of nitrogens with zero attached hydrogens (tertiary/aromatic N) is 6. The van der Waals surface area contributed by atoms with Crippen molar-refractivity contribution in [3.05, 3.63) is 71.9 Å². The van der Waals surface area contributed by atoms with Crippen LogP contribution in [0, 0.1) is 0 Å². The molecule has 0 N–H and O–H groups in total. The van der Waals surface area contributed by atoms with E-state index in [1.165, 1.54) is 0 Å². The third-order valence-electron chi connectivity index (χ3n) is 4.77. The maximum Gasteiger partial charge on any atom is 0.154 e. The van der Waals surface area contributed by atoms with Crippen molar-refractivity contribution in [2.75, 3.05) is 19.0 Å². The summed E-state index contributed by atoms with van der Waals surface area (Å²) in [5.74, 6) is 0.921. The van der Waals surface area contributed by atoms with Crippen LogP contribution in [0.5, 0.6) is 0 Å². The highest BCUT2D eigenvalue weighted by atomic mass is 32.1. The highest BCUT2D eigenvalue weighted by Crippen LogP contribution is 2.27. The van der Waals surface area contributed by atoms with Crippen molar-refractivity contribution < 1.29 is 0 Å². The molecule has 6 nitrogen and oxygen atoms in total. The quantitative estimate of drug-likeness (QED) is 0.441. The number of rotatable bonds is 4. The summed E-state index contributed by atoms with van der Waals surface area (Å²) in [4.78, 5) is 15.5. The number of anilines is 1. The van der Waals surface area contributed by atoms with Crippen LogP contribution in [0.15, 0.2) is 71.9 Å². The SMILES string of the molecule is CN(C)c1ccc(-c2cnn3c(-c4ccnc(-c5ccsc5)c4)cnc3c2)cn1. The third kappa shape index (κ3) is 3.25. The van der Waals surface area contributed by atoms with Gasteiger partial charge in [0.05, 0.1) is 23.8 Å². The second-order valence-electron chi connectivity index (χ2n) is 6.90. The molecule has 0 spiro atoms. The molecule has 5 aromatic heterocycles. The van der Waals surface area contributed by atoms with E-state index in [2.05, 4.69) is 49.0 Å². The summed E-state index contributed by atoms with van der Waals surface area (Å²) in [6.07, 6.45) is 7.40. The Kier molecular flexibility index (Phi) is 4.29. The molecule has 0 bridgehead atoms. The lowest BCUT2D eigenvalue weighted by Gasteiger charge is -2.11. The second-order valence-corrected chi connectivity index (χ2v) is 7.68. The van der Waals surface area contributed by atoms with Gasteiger partial charge in [0.25, 0.3) is 0 Å². The Morgan fingerprint density at radius 1 is 0.828 bits per heavy atom. The van der Waals surface area contributed by atoms with Crippen LogP contribution in [0.2, 0.25) is 0 Å². The maximum absolute atomic E-state index is 4.64. The maximum atomic E-state index is 4.64. The summed E-state index contributed by atoms with van der Waals surface area (Å²) in [5, 5.41) is 8.80. The lowest BCUT2D eigenvalue weighted by Crippen LogP contribution is -2.10. The molecule has 0 unspecified atom stereocenters. The molecule has 0 saturated heterocycles. The van der Waals surface area contributed by atoms with Gasteiger partial charge >= 0.3 is 0 Å². The molecule has 0 fully saturated rings. The van der Waals surface area contributed by atoms with E-state index < -0.39 is 0 Å². The molecule has 29 heavy (non-hydrogen) atoms. The molecule has 7 heteroatoms. The molecule has 0 aromatic carbocycles. The lowest BCUT2D eigenvalue weighted by molar-refractivity contribution is 0.943. The van der Waals surface area contributed by atoms with Crippen molar-refractivity contribution in [2.24, 2.45) is 0 Å².